The molecule has 6 aromatic rings. The monoisotopic (exact) mass is 636 g/mol. The molecule has 0 spiro atoms. The molecule has 7 heteroatoms. The van der Waals surface area contributed by atoms with E-state index in [9.17, 15) is 9.59 Å². The van der Waals surface area contributed by atoms with Crippen molar-refractivity contribution >= 4 is 44.9 Å². The largest absolute Gasteiger partial charge is 0.477 e. The fraction of sp³-hybridized carbons (Fsp3) is 0.200. The molecule has 0 radical (unpaired) electrons. The normalized spacial score (nSPS) is 12.7. The van der Waals surface area contributed by atoms with E-state index in [-0.39, 0.29) is 11.6 Å². The van der Waals surface area contributed by atoms with E-state index in [1.54, 1.807) is 0 Å². The number of ketones is 2. The Kier molecular flexibility index (Phi) is 7.49. The lowest BCUT2D eigenvalue weighted by molar-refractivity contribution is 0.103. The Hall–Kier alpha value is -5.01. The average Bonchev–Trinajstić information content (AvgIpc) is 3.11. The molecule has 0 amide bonds. The van der Waals surface area contributed by atoms with Gasteiger partial charge in [0.25, 0.3) is 0 Å². The van der Waals surface area contributed by atoms with Gasteiger partial charge in [-0.3, -0.25) is 9.59 Å². The van der Waals surface area contributed by atoms with E-state index in [1.807, 2.05) is 84.9 Å². The average molecular weight is 637 g/mol. The number of carbonyl (C=O) groups excluding carboxylic acids is 2. The van der Waals surface area contributed by atoms with E-state index in [4.69, 9.17) is 19.4 Å². The van der Waals surface area contributed by atoms with Gasteiger partial charge in [0.2, 0.25) is 11.8 Å². The predicted molar refractivity (Wildman–Crippen MR) is 186 cm³/mol. The van der Waals surface area contributed by atoms with Crippen LogP contribution in [0.3, 0.4) is 0 Å². The van der Waals surface area contributed by atoms with Crippen molar-refractivity contribution in [2.24, 2.45) is 0 Å². The van der Waals surface area contributed by atoms with Gasteiger partial charge in [0.1, 0.15) is 0 Å². The molecule has 232 valence electrons. The van der Waals surface area contributed by atoms with Gasteiger partial charge in [-0.1, -0.05) is 123 Å². The summed E-state index contributed by atoms with van der Waals surface area (Å²) in [5.74, 6) is 0.988. The van der Waals surface area contributed by atoms with E-state index in [2.05, 4.69) is 13.8 Å². The molecule has 0 saturated heterocycles. The molecule has 0 unspecified atom stereocenters. The van der Waals surface area contributed by atoms with Crippen molar-refractivity contribution in [3.63, 3.8) is 0 Å². The fourth-order valence-corrected chi connectivity index (χ4v) is 7.74. The molecule has 4 aromatic carbocycles. The molecule has 0 aliphatic heterocycles. The summed E-state index contributed by atoms with van der Waals surface area (Å²) in [6.45, 7) is 5.28. The summed E-state index contributed by atoms with van der Waals surface area (Å²) in [6, 6.07) is 27.0. The quantitative estimate of drug-likeness (QED) is 0.138. The van der Waals surface area contributed by atoms with Gasteiger partial charge >= 0.3 is 0 Å². The molecular weight excluding hydrogens is 605 g/mol. The number of pyridine rings is 2. The number of nitrogens with zero attached hydrogens (tertiary/aromatic N) is 2. The van der Waals surface area contributed by atoms with Crippen LogP contribution in [0.25, 0.3) is 44.1 Å². The first-order valence-corrected chi connectivity index (χ1v) is 17.1. The van der Waals surface area contributed by atoms with Gasteiger partial charge in [-0.15, -0.1) is 0 Å². The maximum Gasteiger partial charge on any atom is 0.228 e. The number of rotatable bonds is 10. The molecular formula is C40H32N2O4S. The first-order chi connectivity index (χ1) is 23.1. The summed E-state index contributed by atoms with van der Waals surface area (Å²) in [7, 11) is 0. The van der Waals surface area contributed by atoms with Crippen LogP contribution in [0.15, 0.2) is 94.7 Å². The number of fused-ring (bicyclic) bond motifs is 4. The van der Waals surface area contributed by atoms with Gasteiger partial charge in [-0.25, -0.2) is 9.97 Å². The van der Waals surface area contributed by atoms with E-state index in [1.165, 1.54) is 11.8 Å². The highest BCUT2D eigenvalue weighted by atomic mass is 32.2. The zero-order valence-electron chi connectivity index (χ0n) is 26.3. The smallest absolute Gasteiger partial charge is 0.228 e. The van der Waals surface area contributed by atoms with Crippen LogP contribution in [0.1, 0.15) is 71.4 Å². The van der Waals surface area contributed by atoms with Crippen molar-refractivity contribution < 1.29 is 19.1 Å². The number of ether oxygens (including phenoxy) is 2. The van der Waals surface area contributed by atoms with Crippen molar-refractivity contribution in [3.05, 3.63) is 107 Å². The van der Waals surface area contributed by atoms with Crippen LogP contribution in [-0.2, 0) is 0 Å². The lowest BCUT2D eigenvalue weighted by Crippen LogP contribution is -2.13. The fourth-order valence-electron chi connectivity index (χ4n) is 6.60. The SMILES string of the molecule is CCCCOc1nc2c3c(cccc3c1Sc1c(OCCCC)nc3c4c(cccc14)C(=O)c1ccccc1-3)C(=O)c1ccccc1-2. The molecule has 47 heavy (non-hydrogen) atoms. The van der Waals surface area contributed by atoms with Crippen molar-refractivity contribution in [2.75, 3.05) is 13.2 Å². The Balaban J connectivity index is 1.40. The van der Waals surface area contributed by atoms with Gasteiger partial charge in [0.15, 0.2) is 11.6 Å². The number of unbranched alkanes of at least 4 members (excludes halogenated alkanes) is 2. The second-order valence-electron chi connectivity index (χ2n) is 11.9. The Bertz CT molecular complexity index is 2100. The van der Waals surface area contributed by atoms with Crippen LogP contribution < -0.4 is 9.47 Å². The Morgan fingerprint density at radius 2 is 0.936 bits per heavy atom. The lowest BCUT2D eigenvalue weighted by Gasteiger charge is -2.24. The summed E-state index contributed by atoms with van der Waals surface area (Å²) in [5, 5.41) is 3.39. The molecule has 0 N–H and O–H groups in total. The van der Waals surface area contributed by atoms with Gasteiger partial charge in [-0.05, 0) is 12.8 Å². The summed E-state index contributed by atoms with van der Waals surface area (Å²) < 4.78 is 12.9. The van der Waals surface area contributed by atoms with E-state index >= 15 is 0 Å². The van der Waals surface area contributed by atoms with Crippen molar-refractivity contribution in [2.45, 2.75) is 49.3 Å². The van der Waals surface area contributed by atoms with Crippen LogP contribution in [0.5, 0.6) is 11.8 Å². The maximum absolute atomic E-state index is 13.8. The zero-order chi connectivity index (χ0) is 32.1. The van der Waals surface area contributed by atoms with E-state index < -0.39 is 0 Å². The summed E-state index contributed by atoms with van der Waals surface area (Å²) >= 11 is 1.49. The van der Waals surface area contributed by atoms with E-state index in [0.717, 1.165) is 79.5 Å². The lowest BCUT2D eigenvalue weighted by atomic mass is 9.85. The molecule has 8 rings (SSSR count). The number of hydrogen-bond acceptors (Lipinski definition) is 7. The third kappa shape index (κ3) is 4.71. The van der Waals surface area contributed by atoms with Crippen LogP contribution in [0, 0.1) is 0 Å². The van der Waals surface area contributed by atoms with Gasteiger partial charge in [-0.2, -0.15) is 0 Å². The Labute approximate surface area is 277 Å². The van der Waals surface area contributed by atoms with Crippen LogP contribution in [-0.4, -0.2) is 34.7 Å². The number of carbonyl (C=O) groups is 2. The van der Waals surface area contributed by atoms with Crippen molar-refractivity contribution in [1.82, 2.24) is 9.97 Å². The first kappa shape index (κ1) is 29.4. The topological polar surface area (TPSA) is 78.4 Å². The third-order valence-electron chi connectivity index (χ3n) is 8.93. The van der Waals surface area contributed by atoms with Crippen molar-refractivity contribution in [1.29, 1.82) is 0 Å². The minimum absolute atomic E-state index is 0.0138. The number of benzene rings is 4. The highest BCUT2D eigenvalue weighted by Gasteiger charge is 2.32. The van der Waals surface area contributed by atoms with Gasteiger partial charge in [0, 0.05) is 54.9 Å². The molecule has 0 atom stereocenters. The maximum atomic E-state index is 13.8. The Morgan fingerprint density at radius 3 is 1.36 bits per heavy atom. The predicted octanol–water partition coefficient (Wildman–Crippen LogP) is 9.71. The summed E-state index contributed by atoms with van der Waals surface area (Å²) in [5.41, 5.74) is 5.65. The minimum atomic E-state index is -0.0138. The van der Waals surface area contributed by atoms with Crippen LogP contribution in [0.4, 0.5) is 0 Å². The molecule has 2 aliphatic rings. The second-order valence-corrected chi connectivity index (χ2v) is 12.9. The van der Waals surface area contributed by atoms with E-state index in [0.29, 0.717) is 47.2 Å². The molecule has 2 heterocycles. The second kappa shape index (κ2) is 12.0. The summed E-state index contributed by atoms with van der Waals surface area (Å²) in [4.78, 5) is 39.4. The first-order valence-electron chi connectivity index (χ1n) is 16.3. The standard InChI is InChI=1S/C40H32N2O4S/c1-3-5-21-45-39-37(29-19-11-17-27-31(29)33(41-39)23-13-7-9-15-25(23)35(27)43)47-38-30-20-12-18-28-32(30)34(42-40(38)46-22-6-4-2)24-14-8-10-16-26(24)36(28)44/h7-20H,3-6,21-22H2,1-2H3. The summed E-state index contributed by atoms with van der Waals surface area (Å²) in [6.07, 6.45) is 3.72. The molecule has 0 bridgehead atoms. The van der Waals surface area contributed by atoms with Gasteiger partial charge in [0.05, 0.1) is 34.4 Å². The highest BCUT2D eigenvalue weighted by Crippen LogP contribution is 2.51. The highest BCUT2D eigenvalue weighted by molar-refractivity contribution is 8.00. The molecule has 6 nitrogen and oxygen atoms in total. The number of hydrogen-bond donors (Lipinski definition) is 0. The molecule has 2 aliphatic carbocycles. The molecule has 2 aromatic heterocycles. The van der Waals surface area contributed by atoms with Crippen LogP contribution >= 0.6 is 11.8 Å². The minimum Gasteiger partial charge on any atom is -0.477 e. The number of aromatic nitrogens is 2. The molecule has 0 saturated carbocycles. The molecule has 0 fully saturated rings. The Morgan fingerprint density at radius 1 is 0.532 bits per heavy atom. The van der Waals surface area contributed by atoms with Crippen LogP contribution in [0.2, 0.25) is 0 Å². The van der Waals surface area contributed by atoms with Gasteiger partial charge < -0.3 is 9.47 Å². The zero-order valence-corrected chi connectivity index (χ0v) is 27.1. The van der Waals surface area contributed by atoms with Crippen molar-refractivity contribution in [3.8, 4) is 34.3 Å². The third-order valence-corrected chi connectivity index (χ3v) is 10.1.